The molecule has 0 spiro atoms. The number of ether oxygens (including phenoxy) is 1. The first-order chi connectivity index (χ1) is 20.0. The highest BCUT2D eigenvalue weighted by Gasteiger charge is 2.46. The second-order valence-corrected chi connectivity index (χ2v) is 9.83. The molecular weight excluding hydrogens is 520 g/mol. The van der Waals surface area contributed by atoms with Crippen LogP contribution >= 0.6 is 0 Å². The molecule has 9 heteroatoms. The first-order valence-electron chi connectivity index (χ1n) is 13.3. The predicted molar refractivity (Wildman–Crippen MR) is 150 cm³/mol. The third-order valence-electron chi connectivity index (χ3n) is 7.25. The number of furan rings is 1. The summed E-state index contributed by atoms with van der Waals surface area (Å²) in [5.74, 6) is 1.17. The highest BCUT2D eigenvalue weighted by atomic mass is 16.5. The molecule has 0 aliphatic carbocycles. The molecule has 2 N–H and O–H groups in total. The summed E-state index contributed by atoms with van der Waals surface area (Å²) >= 11 is 0. The van der Waals surface area contributed by atoms with Crippen molar-refractivity contribution < 1.29 is 23.5 Å². The lowest BCUT2D eigenvalue weighted by Crippen LogP contribution is -2.45. The van der Waals surface area contributed by atoms with Gasteiger partial charge in [-0.3, -0.25) is 14.5 Å². The quantitative estimate of drug-likeness (QED) is 0.325. The van der Waals surface area contributed by atoms with Gasteiger partial charge >= 0.3 is 6.03 Å². The van der Waals surface area contributed by atoms with E-state index in [0.717, 1.165) is 0 Å². The molecular formula is C32H28N4O5. The van der Waals surface area contributed by atoms with Crippen LogP contribution in [0.4, 0.5) is 4.79 Å². The molecule has 2 aliphatic rings. The summed E-state index contributed by atoms with van der Waals surface area (Å²) in [5, 5.41) is 5.86. The normalized spacial score (nSPS) is 17.2. The Balaban J connectivity index is 1.32. The van der Waals surface area contributed by atoms with Crippen molar-refractivity contribution in [3.05, 3.63) is 131 Å². The summed E-state index contributed by atoms with van der Waals surface area (Å²) in [4.78, 5) is 43.8. The average Bonchev–Trinajstić information content (AvgIpc) is 3.64. The molecule has 4 amide bonds. The maximum absolute atomic E-state index is 14.2. The predicted octanol–water partition coefficient (Wildman–Crippen LogP) is 4.92. The zero-order valence-electron chi connectivity index (χ0n) is 22.3. The van der Waals surface area contributed by atoms with E-state index in [1.165, 1.54) is 16.1 Å². The van der Waals surface area contributed by atoms with Crippen LogP contribution in [-0.4, -0.2) is 41.2 Å². The Morgan fingerprint density at radius 2 is 1.71 bits per heavy atom. The van der Waals surface area contributed by atoms with E-state index in [4.69, 9.17) is 9.15 Å². The molecule has 3 aromatic carbocycles. The fourth-order valence-corrected chi connectivity index (χ4v) is 5.22. The summed E-state index contributed by atoms with van der Waals surface area (Å²) in [6.45, 7) is 0.281. The molecule has 0 saturated heterocycles. The Morgan fingerprint density at radius 1 is 0.976 bits per heavy atom. The summed E-state index contributed by atoms with van der Waals surface area (Å²) < 4.78 is 11.4. The Bertz CT molecular complexity index is 1600. The van der Waals surface area contributed by atoms with Gasteiger partial charge in [0.25, 0.3) is 5.91 Å². The highest BCUT2D eigenvalue weighted by molar-refractivity contribution is 6.03. The van der Waals surface area contributed by atoms with E-state index < -0.39 is 12.1 Å². The van der Waals surface area contributed by atoms with Crippen LogP contribution in [0, 0.1) is 0 Å². The summed E-state index contributed by atoms with van der Waals surface area (Å²) in [6, 6.07) is 27.4. The van der Waals surface area contributed by atoms with Gasteiger partial charge < -0.3 is 24.7 Å². The van der Waals surface area contributed by atoms with Crippen LogP contribution in [0.5, 0.6) is 11.5 Å². The molecule has 3 heterocycles. The van der Waals surface area contributed by atoms with Crippen molar-refractivity contribution in [2.45, 2.75) is 18.6 Å². The van der Waals surface area contributed by atoms with Gasteiger partial charge in [-0.2, -0.15) is 0 Å². The van der Waals surface area contributed by atoms with Crippen LogP contribution in [0.25, 0.3) is 0 Å². The molecule has 4 aromatic rings. The fourth-order valence-electron chi connectivity index (χ4n) is 5.22. The summed E-state index contributed by atoms with van der Waals surface area (Å²) in [6.07, 6.45) is 1.54. The zero-order chi connectivity index (χ0) is 28.3. The molecule has 2 aliphatic heterocycles. The lowest BCUT2D eigenvalue weighted by molar-refractivity contribution is -0.136. The lowest BCUT2D eigenvalue weighted by atomic mass is 9.95. The average molecular weight is 549 g/mol. The van der Waals surface area contributed by atoms with Crippen LogP contribution in [0.1, 0.15) is 29.0 Å². The minimum Gasteiger partial charge on any atom is -0.467 e. The number of nitrogens with zero attached hydrogens (tertiary/aromatic N) is 2. The monoisotopic (exact) mass is 548 g/mol. The van der Waals surface area contributed by atoms with Crippen molar-refractivity contribution in [1.82, 2.24) is 20.4 Å². The number of para-hydroxylation sites is 1. The molecule has 0 saturated carbocycles. The maximum atomic E-state index is 14.2. The van der Waals surface area contributed by atoms with Crippen molar-refractivity contribution in [3.63, 3.8) is 0 Å². The van der Waals surface area contributed by atoms with Crippen molar-refractivity contribution in [2.75, 3.05) is 13.6 Å². The van der Waals surface area contributed by atoms with Crippen molar-refractivity contribution in [3.8, 4) is 11.5 Å². The van der Waals surface area contributed by atoms with Gasteiger partial charge in [0.05, 0.1) is 36.7 Å². The van der Waals surface area contributed by atoms with Crippen LogP contribution < -0.4 is 15.4 Å². The Hall–Kier alpha value is -5.31. The fraction of sp³-hybridized carbons (Fsp3) is 0.156. The Labute approximate surface area is 237 Å². The van der Waals surface area contributed by atoms with Crippen LogP contribution in [0.15, 0.2) is 119 Å². The number of nitrogens with one attached hydrogen (secondary N) is 2. The standard InChI is InChI=1S/C32H28N4O5/c1-35-26-20-36(29(21-10-4-2-5-11-21)30(37)33-19-25-16-9-17-40-25)31(38)27(26)28(34-32(35)39)22-12-8-15-24(18-22)41-23-13-6-3-7-14-23/h2-18,28-29H,19-20H2,1H3,(H,33,37)(H,34,39)/t28-,29+/m1/s1. The smallest absolute Gasteiger partial charge is 0.322 e. The van der Waals surface area contributed by atoms with Crippen LogP contribution in [-0.2, 0) is 16.1 Å². The zero-order valence-corrected chi connectivity index (χ0v) is 22.3. The molecule has 9 nitrogen and oxygen atoms in total. The van der Waals surface area contributed by atoms with E-state index in [9.17, 15) is 14.4 Å². The Morgan fingerprint density at radius 3 is 2.44 bits per heavy atom. The number of benzene rings is 3. The lowest BCUT2D eigenvalue weighted by Gasteiger charge is -2.31. The van der Waals surface area contributed by atoms with Gasteiger partial charge in [-0.15, -0.1) is 0 Å². The van der Waals surface area contributed by atoms with Gasteiger partial charge in [0.15, 0.2) is 0 Å². The van der Waals surface area contributed by atoms with E-state index in [1.807, 2.05) is 84.9 Å². The number of carbonyl (C=O) groups excluding carboxylic acids is 3. The molecule has 0 bridgehead atoms. The van der Waals surface area contributed by atoms with Crippen molar-refractivity contribution in [1.29, 1.82) is 0 Å². The Kier molecular flexibility index (Phi) is 6.99. The SMILES string of the molecule is CN1C(=O)N[C@H](c2cccc(Oc3ccccc3)c2)C2=C1CN([C@H](C(=O)NCc1ccco1)c1ccccc1)C2=O. The van der Waals surface area contributed by atoms with E-state index >= 15 is 0 Å². The number of rotatable bonds is 8. The molecule has 0 radical (unpaired) electrons. The molecule has 1 aromatic heterocycles. The maximum Gasteiger partial charge on any atom is 0.322 e. The molecule has 0 fully saturated rings. The van der Waals surface area contributed by atoms with Gasteiger partial charge in [0.2, 0.25) is 5.91 Å². The number of amides is 4. The number of likely N-dealkylation sites (N-methyl/N-ethyl adjacent to an activating group) is 1. The molecule has 6 rings (SSSR count). The van der Waals surface area contributed by atoms with Gasteiger partial charge in [-0.25, -0.2) is 4.79 Å². The molecule has 0 unspecified atom stereocenters. The number of hydrogen-bond acceptors (Lipinski definition) is 5. The van der Waals surface area contributed by atoms with Crippen molar-refractivity contribution in [2.24, 2.45) is 0 Å². The van der Waals surface area contributed by atoms with Gasteiger partial charge in [0, 0.05) is 7.05 Å². The van der Waals surface area contributed by atoms with Gasteiger partial charge in [-0.1, -0.05) is 60.7 Å². The van der Waals surface area contributed by atoms with Crippen molar-refractivity contribution >= 4 is 17.8 Å². The van der Waals surface area contributed by atoms with Gasteiger partial charge in [-0.05, 0) is 47.5 Å². The third-order valence-corrected chi connectivity index (χ3v) is 7.25. The number of hydrogen-bond donors (Lipinski definition) is 2. The van der Waals surface area contributed by atoms with Gasteiger partial charge in [0.1, 0.15) is 23.3 Å². The first kappa shape index (κ1) is 25.9. The highest BCUT2D eigenvalue weighted by Crippen LogP contribution is 2.40. The minimum atomic E-state index is -0.916. The van der Waals surface area contributed by atoms with E-state index in [0.29, 0.717) is 39.7 Å². The molecule has 206 valence electrons. The summed E-state index contributed by atoms with van der Waals surface area (Å²) in [7, 11) is 1.63. The molecule has 2 atom stereocenters. The number of urea groups is 1. The largest absolute Gasteiger partial charge is 0.467 e. The second kappa shape index (κ2) is 11.1. The summed E-state index contributed by atoms with van der Waals surface area (Å²) in [5.41, 5.74) is 2.33. The first-order valence-corrected chi connectivity index (χ1v) is 13.3. The number of carbonyl (C=O) groups is 3. The van der Waals surface area contributed by atoms with Crippen LogP contribution in [0.2, 0.25) is 0 Å². The van der Waals surface area contributed by atoms with E-state index in [2.05, 4.69) is 10.6 Å². The van der Waals surface area contributed by atoms with E-state index in [-0.39, 0.29) is 30.9 Å². The topological polar surface area (TPSA) is 104 Å². The van der Waals surface area contributed by atoms with E-state index in [1.54, 1.807) is 19.2 Å². The third kappa shape index (κ3) is 5.17. The van der Waals surface area contributed by atoms with Crippen LogP contribution in [0.3, 0.4) is 0 Å². The second-order valence-electron chi connectivity index (χ2n) is 9.83. The molecule has 41 heavy (non-hydrogen) atoms. The minimum absolute atomic E-state index is 0.0997.